The van der Waals surface area contributed by atoms with Crippen molar-refractivity contribution in [2.24, 2.45) is 0 Å². The number of halogens is 2. The number of aliphatic hydroxyl groups excluding tert-OH is 1. The molecule has 1 N–H and O–H groups in total. The van der Waals surface area contributed by atoms with Crippen molar-refractivity contribution in [3.63, 3.8) is 0 Å². The van der Waals surface area contributed by atoms with Gasteiger partial charge < -0.3 is 5.11 Å². The van der Waals surface area contributed by atoms with Gasteiger partial charge in [0.2, 0.25) is 0 Å². The van der Waals surface area contributed by atoms with Gasteiger partial charge in [-0.25, -0.2) is 4.39 Å². The molecule has 0 saturated heterocycles. The van der Waals surface area contributed by atoms with E-state index in [0.29, 0.717) is 12.0 Å². The van der Waals surface area contributed by atoms with E-state index in [1.807, 2.05) is 12.1 Å². The summed E-state index contributed by atoms with van der Waals surface area (Å²) in [5.41, 5.74) is 2.76. The molecule has 0 aliphatic heterocycles. The summed E-state index contributed by atoms with van der Waals surface area (Å²) >= 11 is 5.90. The van der Waals surface area contributed by atoms with Crippen LogP contribution in [0.15, 0.2) is 42.5 Å². The molecule has 0 fully saturated rings. The van der Waals surface area contributed by atoms with Gasteiger partial charge in [-0.05, 0) is 22.6 Å². The first-order chi connectivity index (χ1) is 9.79. The predicted molar refractivity (Wildman–Crippen MR) is 85.2 cm³/mol. The Morgan fingerprint density at radius 3 is 2.29 bits per heavy atom. The largest absolute Gasteiger partial charge is 0.388 e. The van der Waals surface area contributed by atoms with Crippen LogP contribution in [0.4, 0.5) is 4.39 Å². The van der Waals surface area contributed by atoms with Crippen molar-refractivity contribution in [3.05, 3.63) is 70.0 Å². The maximum atomic E-state index is 13.4. The Hall–Kier alpha value is -1.38. The van der Waals surface area contributed by atoms with E-state index in [9.17, 15) is 9.50 Å². The molecule has 0 bridgehead atoms. The van der Waals surface area contributed by atoms with Crippen LogP contribution in [0.5, 0.6) is 0 Å². The summed E-state index contributed by atoms with van der Waals surface area (Å²) in [6.07, 6.45) is -0.401. The Balaban J connectivity index is 2.16. The molecule has 0 aromatic heterocycles. The van der Waals surface area contributed by atoms with Crippen molar-refractivity contribution >= 4 is 11.6 Å². The summed E-state index contributed by atoms with van der Waals surface area (Å²) in [4.78, 5) is 0. The zero-order chi connectivity index (χ0) is 15.6. The van der Waals surface area contributed by atoms with Gasteiger partial charge in [0.1, 0.15) is 5.82 Å². The molecule has 1 unspecified atom stereocenters. The molecule has 1 atom stereocenters. The quantitative estimate of drug-likeness (QED) is 0.841. The van der Waals surface area contributed by atoms with Crippen molar-refractivity contribution in [2.45, 2.75) is 38.7 Å². The highest BCUT2D eigenvalue weighted by molar-refractivity contribution is 6.31. The van der Waals surface area contributed by atoms with Gasteiger partial charge in [0.25, 0.3) is 0 Å². The molecular formula is C18H20ClFO. The lowest BCUT2D eigenvalue weighted by Gasteiger charge is -2.19. The Bertz CT molecular complexity index is 614. The van der Waals surface area contributed by atoms with Crippen molar-refractivity contribution in [1.29, 1.82) is 0 Å². The van der Waals surface area contributed by atoms with E-state index >= 15 is 0 Å². The van der Waals surface area contributed by atoms with Gasteiger partial charge in [-0.15, -0.1) is 0 Å². The minimum absolute atomic E-state index is 0.00342. The van der Waals surface area contributed by atoms with E-state index < -0.39 is 11.9 Å². The van der Waals surface area contributed by atoms with Gasteiger partial charge in [-0.3, -0.25) is 0 Å². The first-order valence-corrected chi connectivity index (χ1v) is 7.38. The van der Waals surface area contributed by atoms with Gasteiger partial charge in [0.15, 0.2) is 0 Å². The Kier molecular flexibility index (Phi) is 4.70. The minimum atomic E-state index is -0.811. The molecular weight excluding hydrogens is 287 g/mol. The highest BCUT2D eigenvalue weighted by Gasteiger charge is 2.16. The zero-order valence-electron chi connectivity index (χ0n) is 12.5. The van der Waals surface area contributed by atoms with Crippen molar-refractivity contribution < 1.29 is 9.50 Å². The fourth-order valence-electron chi connectivity index (χ4n) is 2.25. The van der Waals surface area contributed by atoms with E-state index in [1.165, 1.54) is 11.6 Å². The second kappa shape index (κ2) is 6.17. The third-order valence-electron chi connectivity index (χ3n) is 3.59. The lowest BCUT2D eigenvalue weighted by atomic mass is 9.86. The lowest BCUT2D eigenvalue weighted by molar-refractivity contribution is 0.178. The van der Waals surface area contributed by atoms with Crippen molar-refractivity contribution in [2.75, 3.05) is 0 Å². The number of hydrogen-bond acceptors (Lipinski definition) is 1. The Morgan fingerprint density at radius 1 is 1.10 bits per heavy atom. The van der Waals surface area contributed by atoms with Crippen LogP contribution >= 0.6 is 11.6 Å². The molecule has 0 heterocycles. The third-order valence-corrected chi connectivity index (χ3v) is 3.99. The number of hydrogen-bond donors (Lipinski definition) is 1. The molecule has 1 nitrogen and oxygen atoms in total. The van der Waals surface area contributed by atoms with Crippen LogP contribution in [0.3, 0.4) is 0 Å². The van der Waals surface area contributed by atoms with E-state index in [4.69, 9.17) is 11.6 Å². The molecule has 21 heavy (non-hydrogen) atoms. The van der Waals surface area contributed by atoms with E-state index in [2.05, 4.69) is 32.9 Å². The van der Waals surface area contributed by atoms with Crippen LogP contribution < -0.4 is 0 Å². The van der Waals surface area contributed by atoms with Gasteiger partial charge in [0, 0.05) is 12.0 Å². The van der Waals surface area contributed by atoms with Crippen molar-refractivity contribution in [1.82, 2.24) is 0 Å². The average Bonchev–Trinajstić information content (AvgIpc) is 2.41. The van der Waals surface area contributed by atoms with E-state index in [-0.39, 0.29) is 10.4 Å². The second-order valence-electron chi connectivity index (χ2n) is 6.31. The molecule has 2 rings (SSSR count). The molecule has 0 amide bonds. The van der Waals surface area contributed by atoms with Gasteiger partial charge in [0.05, 0.1) is 11.1 Å². The SMILES string of the molecule is CC(C)(C)c1ccc(CC(O)c2cccc(F)c2Cl)cc1. The molecule has 112 valence electrons. The van der Waals surface area contributed by atoms with Crippen LogP contribution in [0.25, 0.3) is 0 Å². The Labute approximate surface area is 130 Å². The maximum absolute atomic E-state index is 13.4. The van der Waals surface area contributed by atoms with Crippen LogP contribution in [-0.4, -0.2) is 5.11 Å². The molecule has 0 saturated carbocycles. The third kappa shape index (κ3) is 3.84. The standard InChI is InChI=1S/C18H20ClFO/c1-18(2,3)13-9-7-12(8-10-13)11-16(21)14-5-4-6-15(20)17(14)19/h4-10,16,21H,11H2,1-3H3. The minimum Gasteiger partial charge on any atom is -0.388 e. The van der Waals surface area contributed by atoms with Crippen molar-refractivity contribution in [3.8, 4) is 0 Å². The highest BCUT2D eigenvalue weighted by atomic mass is 35.5. The van der Waals surface area contributed by atoms with Crippen LogP contribution in [0.1, 0.15) is 43.6 Å². The first-order valence-electron chi connectivity index (χ1n) is 7.00. The predicted octanol–water partition coefficient (Wildman–Crippen LogP) is 5.05. The molecule has 2 aromatic rings. The highest BCUT2D eigenvalue weighted by Crippen LogP contribution is 2.28. The number of rotatable bonds is 3. The van der Waals surface area contributed by atoms with E-state index in [0.717, 1.165) is 5.56 Å². The summed E-state index contributed by atoms with van der Waals surface area (Å²) in [6, 6.07) is 12.6. The normalized spacial score (nSPS) is 13.2. The fraction of sp³-hybridized carbons (Fsp3) is 0.333. The lowest BCUT2D eigenvalue weighted by Crippen LogP contribution is -2.11. The van der Waals surface area contributed by atoms with E-state index in [1.54, 1.807) is 12.1 Å². The monoisotopic (exact) mass is 306 g/mol. The molecule has 0 aliphatic carbocycles. The summed E-state index contributed by atoms with van der Waals surface area (Å²) in [7, 11) is 0. The summed E-state index contributed by atoms with van der Waals surface area (Å²) in [5.74, 6) is -0.503. The molecule has 0 spiro atoms. The van der Waals surface area contributed by atoms with Crippen LogP contribution in [-0.2, 0) is 11.8 Å². The summed E-state index contributed by atoms with van der Waals surface area (Å²) in [6.45, 7) is 6.47. The molecule has 3 heteroatoms. The fourth-order valence-corrected chi connectivity index (χ4v) is 2.50. The zero-order valence-corrected chi connectivity index (χ0v) is 13.3. The second-order valence-corrected chi connectivity index (χ2v) is 6.69. The number of aliphatic hydroxyl groups is 1. The topological polar surface area (TPSA) is 20.2 Å². The molecule has 2 aromatic carbocycles. The molecule has 0 aliphatic rings. The smallest absolute Gasteiger partial charge is 0.142 e. The van der Waals surface area contributed by atoms with Crippen LogP contribution in [0, 0.1) is 5.82 Å². The van der Waals surface area contributed by atoms with Gasteiger partial charge >= 0.3 is 0 Å². The maximum Gasteiger partial charge on any atom is 0.142 e. The van der Waals surface area contributed by atoms with Gasteiger partial charge in [-0.1, -0.05) is 68.8 Å². The Morgan fingerprint density at radius 2 is 1.71 bits per heavy atom. The van der Waals surface area contributed by atoms with Gasteiger partial charge in [-0.2, -0.15) is 0 Å². The summed E-state index contributed by atoms with van der Waals surface area (Å²) in [5, 5.41) is 10.3. The van der Waals surface area contributed by atoms with Crippen LogP contribution in [0.2, 0.25) is 5.02 Å². The average molecular weight is 307 g/mol. The molecule has 0 radical (unpaired) electrons. The number of benzene rings is 2. The summed E-state index contributed by atoms with van der Waals surface area (Å²) < 4.78 is 13.4. The first kappa shape index (κ1) is 16.0.